The van der Waals surface area contributed by atoms with Crippen LogP contribution in [0, 0.1) is 11.8 Å². The lowest BCUT2D eigenvalue weighted by atomic mass is 10.1. The van der Waals surface area contributed by atoms with E-state index in [1.54, 1.807) is 6.20 Å². The number of nitrogens with two attached hydrogens (primary N) is 1. The number of pyridine rings is 1. The summed E-state index contributed by atoms with van der Waals surface area (Å²) >= 11 is 0. The van der Waals surface area contributed by atoms with E-state index < -0.39 is 5.54 Å². The van der Waals surface area contributed by atoms with Crippen LogP contribution in [0.3, 0.4) is 0 Å². The molecule has 3 heteroatoms. The van der Waals surface area contributed by atoms with E-state index in [-0.39, 0.29) is 0 Å². The monoisotopic (exact) mass is 199 g/mol. The average molecular weight is 199 g/mol. The van der Waals surface area contributed by atoms with Crippen LogP contribution in [-0.4, -0.2) is 14.9 Å². The molecule has 2 aromatic heterocycles. The lowest BCUT2D eigenvalue weighted by Gasteiger charge is -2.07. The van der Waals surface area contributed by atoms with Crippen LogP contribution in [0.15, 0.2) is 30.6 Å². The zero-order valence-corrected chi connectivity index (χ0v) is 8.86. The first kappa shape index (κ1) is 9.75. The van der Waals surface area contributed by atoms with E-state index in [0.29, 0.717) is 0 Å². The van der Waals surface area contributed by atoms with Crippen LogP contribution < -0.4 is 5.73 Å². The minimum Gasteiger partial charge on any atom is -0.316 e. The van der Waals surface area contributed by atoms with Crippen LogP contribution in [0.2, 0.25) is 0 Å². The van der Waals surface area contributed by atoms with Gasteiger partial charge in [-0.15, -0.1) is 0 Å². The lowest BCUT2D eigenvalue weighted by Crippen LogP contribution is -2.29. The summed E-state index contributed by atoms with van der Waals surface area (Å²) in [5.74, 6) is 6.06. The summed E-state index contributed by atoms with van der Waals surface area (Å²) in [6.07, 6.45) is 3.65. The van der Waals surface area contributed by atoms with Crippen LogP contribution in [0.4, 0.5) is 0 Å². The molecule has 0 bridgehead atoms. The molecule has 0 saturated carbocycles. The number of fused-ring (bicyclic) bond motifs is 1. The third-order valence-electron chi connectivity index (χ3n) is 1.94. The third kappa shape index (κ3) is 2.17. The maximum atomic E-state index is 5.80. The first-order valence-electron chi connectivity index (χ1n) is 4.80. The quantitative estimate of drug-likeness (QED) is 0.652. The SMILES string of the molecule is CC(C)(N)C#Cc1cccc2nccn12. The molecule has 2 aromatic rings. The predicted octanol–water partition coefficient (Wildman–Crippen LogP) is 1.42. The Morgan fingerprint density at radius 1 is 1.40 bits per heavy atom. The average Bonchev–Trinajstić information content (AvgIpc) is 2.61. The maximum absolute atomic E-state index is 5.80. The van der Waals surface area contributed by atoms with Gasteiger partial charge in [0.15, 0.2) is 0 Å². The molecule has 0 atom stereocenters. The highest BCUT2D eigenvalue weighted by Gasteiger charge is 2.04. The number of imidazole rings is 1. The van der Waals surface area contributed by atoms with Gasteiger partial charge in [0, 0.05) is 12.4 Å². The van der Waals surface area contributed by atoms with Gasteiger partial charge in [-0.3, -0.25) is 4.40 Å². The molecule has 3 nitrogen and oxygen atoms in total. The van der Waals surface area contributed by atoms with Crippen LogP contribution >= 0.6 is 0 Å². The van der Waals surface area contributed by atoms with Crippen molar-refractivity contribution in [3.63, 3.8) is 0 Å². The first-order chi connectivity index (χ1) is 7.06. The van der Waals surface area contributed by atoms with Crippen molar-refractivity contribution >= 4 is 5.65 Å². The molecule has 0 saturated heterocycles. The summed E-state index contributed by atoms with van der Waals surface area (Å²) in [5.41, 5.74) is 7.14. The van der Waals surface area contributed by atoms with Gasteiger partial charge in [-0.2, -0.15) is 0 Å². The Morgan fingerprint density at radius 3 is 2.93 bits per heavy atom. The Labute approximate surface area is 88.9 Å². The van der Waals surface area contributed by atoms with Crippen molar-refractivity contribution in [3.8, 4) is 11.8 Å². The molecule has 2 N–H and O–H groups in total. The molecule has 0 aliphatic rings. The van der Waals surface area contributed by atoms with Gasteiger partial charge in [-0.25, -0.2) is 4.98 Å². The summed E-state index contributed by atoms with van der Waals surface area (Å²) in [4.78, 5) is 4.19. The zero-order valence-electron chi connectivity index (χ0n) is 8.86. The summed E-state index contributed by atoms with van der Waals surface area (Å²) in [6.45, 7) is 3.77. The van der Waals surface area contributed by atoms with Crippen molar-refractivity contribution in [2.45, 2.75) is 19.4 Å². The van der Waals surface area contributed by atoms with E-state index in [9.17, 15) is 0 Å². The summed E-state index contributed by atoms with van der Waals surface area (Å²) < 4.78 is 1.94. The summed E-state index contributed by atoms with van der Waals surface area (Å²) in [5, 5.41) is 0. The van der Waals surface area contributed by atoms with E-state index >= 15 is 0 Å². The van der Waals surface area contributed by atoms with Crippen molar-refractivity contribution in [3.05, 3.63) is 36.3 Å². The Kier molecular flexibility index (Phi) is 2.22. The van der Waals surface area contributed by atoms with Gasteiger partial charge < -0.3 is 5.73 Å². The van der Waals surface area contributed by atoms with E-state index in [1.807, 2.05) is 42.6 Å². The molecule has 76 valence electrons. The molecule has 0 fully saturated rings. The third-order valence-corrected chi connectivity index (χ3v) is 1.94. The van der Waals surface area contributed by atoms with Crippen molar-refractivity contribution in [1.82, 2.24) is 9.38 Å². The molecule has 0 unspecified atom stereocenters. The molecule has 0 spiro atoms. The van der Waals surface area contributed by atoms with E-state index in [2.05, 4.69) is 16.8 Å². The number of aromatic nitrogens is 2. The van der Waals surface area contributed by atoms with Crippen molar-refractivity contribution in [1.29, 1.82) is 0 Å². The standard InChI is InChI=1S/C12H13N3/c1-12(2,13)7-6-10-4-3-5-11-14-8-9-15(10)11/h3-5,8-9H,13H2,1-2H3. The zero-order chi connectivity index (χ0) is 10.9. The van der Waals surface area contributed by atoms with Gasteiger partial charge in [0.2, 0.25) is 0 Å². The van der Waals surface area contributed by atoms with Gasteiger partial charge in [0.05, 0.1) is 11.2 Å². The van der Waals surface area contributed by atoms with Gasteiger partial charge >= 0.3 is 0 Å². The fourth-order valence-electron chi connectivity index (χ4n) is 1.27. The molecule has 0 aliphatic heterocycles. The van der Waals surface area contributed by atoms with Crippen LogP contribution in [0.5, 0.6) is 0 Å². The highest BCUT2D eigenvalue weighted by Crippen LogP contribution is 2.04. The molecule has 15 heavy (non-hydrogen) atoms. The molecular formula is C12H13N3. The second kappa shape index (κ2) is 3.41. The molecule has 0 aromatic carbocycles. The van der Waals surface area contributed by atoms with E-state index in [1.165, 1.54) is 0 Å². The topological polar surface area (TPSA) is 43.3 Å². The van der Waals surface area contributed by atoms with E-state index in [0.717, 1.165) is 11.3 Å². The fourth-order valence-corrected chi connectivity index (χ4v) is 1.27. The second-order valence-corrected chi connectivity index (χ2v) is 4.04. The van der Waals surface area contributed by atoms with Crippen LogP contribution in [-0.2, 0) is 0 Å². The number of rotatable bonds is 0. The molecule has 2 heterocycles. The van der Waals surface area contributed by atoms with Gasteiger partial charge in [-0.1, -0.05) is 12.0 Å². The van der Waals surface area contributed by atoms with E-state index in [4.69, 9.17) is 5.73 Å². The number of hydrogen-bond donors (Lipinski definition) is 1. The first-order valence-corrected chi connectivity index (χ1v) is 4.80. The van der Waals surface area contributed by atoms with Gasteiger partial charge in [-0.05, 0) is 31.9 Å². The minimum atomic E-state index is -0.469. The Balaban J connectivity index is 2.51. The van der Waals surface area contributed by atoms with Crippen LogP contribution in [0.1, 0.15) is 19.5 Å². The van der Waals surface area contributed by atoms with Crippen molar-refractivity contribution in [2.24, 2.45) is 5.73 Å². The predicted molar refractivity (Wildman–Crippen MR) is 60.3 cm³/mol. The Bertz CT molecular complexity index is 535. The highest BCUT2D eigenvalue weighted by molar-refractivity contribution is 5.45. The summed E-state index contributed by atoms with van der Waals surface area (Å²) in [6, 6.07) is 5.84. The molecular weight excluding hydrogens is 186 g/mol. The van der Waals surface area contributed by atoms with Gasteiger partial charge in [0.1, 0.15) is 5.65 Å². The fraction of sp³-hybridized carbons (Fsp3) is 0.250. The largest absolute Gasteiger partial charge is 0.316 e. The number of nitrogens with zero attached hydrogens (tertiary/aromatic N) is 2. The normalized spacial score (nSPS) is 11.1. The maximum Gasteiger partial charge on any atom is 0.137 e. The lowest BCUT2D eigenvalue weighted by molar-refractivity contribution is 0.680. The second-order valence-electron chi connectivity index (χ2n) is 4.04. The molecule has 0 radical (unpaired) electrons. The van der Waals surface area contributed by atoms with Crippen LogP contribution in [0.25, 0.3) is 5.65 Å². The Hall–Kier alpha value is -1.79. The van der Waals surface area contributed by atoms with Gasteiger partial charge in [0.25, 0.3) is 0 Å². The molecule has 0 amide bonds. The van der Waals surface area contributed by atoms with Crippen molar-refractivity contribution in [2.75, 3.05) is 0 Å². The van der Waals surface area contributed by atoms with Crippen molar-refractivity contribution < 1.29 is 0 Å². The molecule has 2 rings (SSSR count). The summed E-state index contributed by atoms with van der Waals surface area (Å²) in [7, 11) is 0. The Morgan fingerprint density at radius 2 is 2.20 bits per heavy atom. The molecule has 0 aliphatic carbocycles. The highest BCUT2D eigenvalue weighted by atomic mass is 15.0. The number of hydrogen-bond acceptors (Lipinski definition) is 2. The minimum absolute atomic E-state index is 0.469. The smallest absolute Gasteiger partial charge is 0.137 e.